The zero-order chi connectivity index (χ0) is 15.5. The Kier molecular flexibility index (Phi) is 4.29. The fourth-order valence-corrected chi connectivity index (χ4v) is 2.99. The first-order chi connectivity index (χ1) is 10.7. The Balaban J connectivity index is 1.56. The summed E-state index contributed by atoms with van der Waals surface area (Å²) in [7, 11) is 0. The van der Waals surface area contributed by atoms with Crippen molar-refractivity contribution in [3.05, 3.63) is 30.3 Å². The summed E-state index contributed by atoms with van der Waals surface area (Å²) >= 11 is 0. The number of hydrogen-bond donors (Lipinski definition) is 1. The van der Waals surface area contributed by atoms with Crippen LogP contribution in [0, 0.1) is 0 Å². The van der Waals surface area contributed by atoms with E-state index in [0.717, 1.165) is 24.2 Å². The van der Waals surface area contributed by atoms with Crippen LogP contribution in [0.5, 0.6) is 5.75 Å². The Morgan fingerprint density at radius 3 is 2.73 bits per heavy atom. The van der Waals surface area contributed by atoms with Gasteiger partial charge in [0.2, 0.25) is 0 Å². The number of urea groups is 1. The smallest absolute Gasteiger partial charge is 0.327 e. The topological polar surface area (TPSA) is 70.1 Å². The summed E-state index contributed by atoms with van der Waals surface area (Å²) in [6.45, 7) is 0.658. The maximum Gasteiger partial charge on any atom is 0.327 e. The van der Waals surface area contributed by atoms with Crippen molar-refractivity contribution in [2.75, 3.05) is 19.7 Å². The van der Waals surface area contributed by atoms with Gasteiger partial charge in [-0.1, -0.05) is 18.2 Å². The molecule has 1 N–H and O–H groups in total. The molecule has 3 rings (SSSR count). The molecule has 2 saturated heterocycles. The van der Waals surface area contributed by atoms with Crippen LogP contribution in [0.25, 0.3) is 0 Å². The SMILES string of the molecule is O=C1[C@H]2CCCCN2C(=O)N1C[C@@H](O)COc1ccccc1. The predicted octanol–water partition coefficient (Wildman–Crippen LogP) is 1.24. The largest absolute Gasteiger partial charge is 0.491 e. The standard InChI is InChI=1S/C16H20N2O4/c19-12(11-22-13-6-2-1-3-7-13)10-18-15(20)14-8-4-5-9-17(14)16(18)21/h1-3,6-7,12,14,19H,4-5,8-11H2/t12-,14-/m1/s1. The number of nitrogens with zero attached hydrogens (tertiary/aromatic N) is 2. The molecule has 0 radical (unpaired) electrons. The second-order valence-electron chi connectivity index (χ2n) is 5.71. The predicted molar refractivity (Wildman–Crippen MR) is 79.4 cm³/mol. The van der Waals surface area contributed by atoms with Crippen LogP contribution in [0.15, 0.2) is 30.3 Å². The molecule has 2 fully saturated rings. The number of aliphatic hydroxyl groups is 1. The Labute approximate surface area is 129 Å². The number of carbonyl (C=O) groups excluding carboxylic acids is 2. The number of aliphatic hydroxyl groups excluding tert-OH is 1. The minimum atomic E-state index is -0.894. The first-order valence-electron chi connectivity index (χ1n) is 7.64. The van der Waals surface area contributed by atoms with Gasteiger partial charge in [0, 0.05) is 6.54 Å². The molecule has 2 atom stereocenters. The number of fused-ring (bicyclic) bond motifs is 1. The number of amides is 3. The van der Waals surface area contributed by atoms with Gasteiger partial charge < -0.3 is 14.7 Å². The number of piperidine rings is 1. The number of carbonyl (C=O) groups is 2. The quantitative estimate of drug-likeness (QED) is 0.831. The van der Waals surface area contributed by atoms with Crippen molar-refractivity contribution >= 4 is 11.9 Å². The highest BCUT2D eigenvalue weighted by molar-refractivity contribution is 6.04. The van der Waals surface area contributed by atoms with Gasteiger partial charge >= 0.3 is 6.03 Å². The van der Waals surface area contributed by atoms with E-state index in [9.17, 15) is 14.7 Å². The highest BCUT2D eigenvalue weighted by Gasteiger charge is 2.46. The number of rotatable bonds is 5. The minimum absolute atomic E-state index is 0.0164. The lowest BCUT2D eigenvalue weighted by molar-refractivity contribution is -0.129. The summed E-state index contributed by atoms with van der Waals surface area (Å²) in [5.41, 5.74) is 0. The summed E-state index contributed by atoms with van der Waals surface area (Å²) in [4.78, 5) is 27.3. The summed E-state index contributed by atoms with van der Waals surface area (Å²) in [5.74, 6) is 0.460. The summed E-state index contributed by atoms with van der Waals surface area (Å²) in [6, 6.07) is 8.52. The van der Waals surface area contributed by atoms with Gasteiger partial charge in [0.25, 0.3) is 5.91 Å². The summed E-state index contributed by atoms with van der Waals surface area (Å²) < 4.78 is 5.45. The van der Waals surface area contributed by atoms with Gasteiger partial charge in [-0.25, -0.2) is 4.79 Å². The second kappa shape index (κ2) is 6.36. The highest BCUT2D eigenvalue weighted by atomic mass is 16.5. The Morgan fingerprint density at radius 1 is 1.23 bits per heavy atom. The van der Waals surface area contributed by atoms with Crippen molar-refractivity contribution in [1.82, 2.24) is 9.80 Å². The number of hydrogen-bond acceptors (Lipinski definition) is 4. The third-order valence-electron chi connectivity index (χ3n) is 4.11. The molecule has 6 nitrogen and oxygen atoms in total. The normalized spacial score (nSPS) is 22.7. The third-order valence-corrected chi connectivity index (χ3v) is 4.11. The Morgan fingerprint density at radius 2 is 2.00 bits per heavy atom. The maximum atomic E-state index is 12.3. The molecule has 22 heavy (non-hydrogen) atoms. The number of ether oxygens (including phenoxy) is 1. The average Bonchev–Trinajstić information content (AvgIpc) is 2.79. The van der Waals surface area contributed by atoms with Crippen molar-refractivity contribution in [2.24, 2.45) is 0 Å². The Hall–Kier alpha value is -2.08. The van der Waals surface area contributed by atoms with E-state index in [2.05, 4.69) is 0 Å². The van der Waals surface area contributed by atoms with E-state index < -0.39 is 6.10 Å². The molecule has 0 saturated carbocycles. The lowest BCUT2D eigenvalue weighted by atomic mass is 10.0. The fraction of sp³-hybridized carbons (Fsp3) is 0.500. The van der Waals surface area contributed by atoms with Gasteiger partial charge in [0.15, 0.2) is 0 Å². The van der Waals surface area contributed by atoms with E-state index in [1.165, 1.54) is 0 Å². The van der Waals surface area contributed by atoms with Gasteiger partial charge in [-0.3, -0.25) is 9.69 Å². The molecular weight excluding hydrogens is 284 g/mol. The van der Waals surface area contributed by atoms with Gasteiger partial charge in [0.1, 0.15) is 24.5 Å². The molecule has 0 aromatic heterocycles. The molecule has 118 valence electrons. The third kappa shape index (κ3) is 2.92. The number of benzene rings is 1. The first-order valence-corrected chi connectivity index (χ1v) is 7.64. The van der Waals surface area contributed by atoms with Crippen molar-refractivity contribution < 1.29 is 19.4 Å². The lowest BCUT2D eigenvalue weighted by Gasteiger charge is -2.26. The van der Waals surface area contributed by atoms with Crippen molar-refractivity contribution in [3.63, 3.8) is 0 Å². The maximum absolute atomic E-state index is 12.3. The molecule has 6 heteroatoms. The average molecular weight is 304 g/mol. The summed E-state index contributed by atoms with van der Waals surface area (Å²) in [5, 5.41) is 10.1. The van der Waals surface area contributed by atoms with Crippen molar-refractivity contribution in [2.45, 2.75) is 31.4 Å². The first kappa shape index (κ1) is 14.8. The van der Waals surface area contributed by atoms with Crippen LogP contribution in [0.4, 0.5) is 4.79 Å². The summed E-state index contributed by atoms with van der Waals surface area (Å²) in [6.07, 6.45) is 1.73. The minimum Gasteiger partial charge on any atom is -0.491 e. The molecule has 3 amide bonds. The molecule has 1 aromatic carbocycles. The van der Waals surface area contributed by atoms with Crippen LogP contribution >= 0.6 is 0 Å². The van der Waals surface area contributed by atoms with E-state index >= 15 is 0 Å². The number of β-amino-alcohol motifs (C(OH)–C–C–N with tert-alkyl or cyclic N) is 1. The van der Waals surface area contributed by atoms with E-state index in [1.807, 2.05) is 18.2 Å². The lowest BCUT2D eigenvalue weighted by Crippen LogP contribution is -2.40. The van der Waals surface area contributed by atoms with Gasteiger partial charge in [-0.15, -0.1) is 0 Å². The van der Waals surface area contributed by atoms with Crippen LogP contribution in [0.2, 0.25) is 0 Å². The fourth-order valence-electron chi connectivity index (χ4n) is 2.99. The number of imide groups is 1. The zero-order valence-corrected chi connectivity index (χ0v) is 12.4. The van der Waals surface area contributed by atoms with Crippen LogP contribution < -0.4 is 4.74 Å². The highest BCUT2D eigenvalue weighted by Crippen LogP contribution is 2.26. The van der Waals surface area contributed by atoms with Crippen LogP contribution in [-0.2, 0) is 4.79 Å². The van der Waals surface area contributed by atoms with E-state index in [-0.39, 0.29) is 31.1 Å². The van der Waals surface area contributed by atoms with Crippen LogP contribution in [-0.4, -0.2) is 58.7 Å². The van der Waals surface area contributed by atoms with E-state index in [4.69, 9.17) is 4.74 Å². The molecular formula is C16H20N2O4. The van der Waals surface area contributed by atoms with Crippen LogP contribution in [0.3, 0.4) is 0 Å². The molecule has 2 heterocycles. The molecule has 1 aromatic rings. The Bertz CT molecular complexity index is 524. The molecule has 2 aliphatic rings. The van der Waals surface area contributed by atoms with Crippen LogP contribution in [0.1, 0.15) is 19.3 Å². The zero-order valence-electron chi connectivity index (χ0n) is 12.4. The molecule has 0 unspecified atom stereocenters. The van der Waals surface area contributed by atoms with E-state index in [1.54, 1.807) is 17.0 Å². The molecule has 2 aliphatic heterocycles. The van der Waals surface area contributed by atoms with Gasteiger partial charge in [-0.05, 0) is 31.4 Å². The van der Waals surface area contributed by atoms with Crippen molar-refractivity contribution in [3.8, 4) is 5.75 Å². The van der Waals surface area contributed by atoms with Gasteiger partial charge in [0.05, 0.1) is 6.54 Å². The molecule has 0 aliphatic carbocycles. The van der Waals surface area contributed by atoms with Gasteiger partial charge in [-0.2, -0.15) is 0 Å². The molecule has 0 spiro atoms. The number of para-hydroxylation sites is 1. The monoisotopic (exact) mass is 304 g/mol. The van der Waals surface area contributed by atoms with E-state index in [0.29, 0.717) is 12.3 Å². The molecule has 0 bridgehead atoms. The second-order valence-corrected chi connectivity index (χ2v) is 5.71. The van der Waals surface area contributed by atoms with Crippen molar-refractivity contribution in [1.29, 1.82) is 0 Å².